The lowest BCUT2D eigenvalue weighted by Gasteiger charge is -1.97. The van der Waals surface area contributed by atoms with Gasteiger partial charge in [0.2, 0.25) is 6.29 Å². The van der Waals surface area contributed by atoms with Crippen molar-refractivity contribution in [3.05, 3.63) is 35.1 Å². The van der Waals surface area contributed by atoms with E-state index in [1.807, 2.05) is 26.0 Å². The predicted octanol–water partition coefficient (Wildman–Crippen LogP) is 2.03. The van der Waals surface area contributed by atoms with Crippen molar-refractivity contribution in [1.29, 1.82) is 0 Å². The maximum atomic E-state index is 8.97. The van der Waals surface area contributed by atoms with Crippen molar-refractivity contribution < 1.29 is 14.6 Å². The number of aryl methyl sites for hydroxylation is 2. The van der Waals surface area contributed by atoms with Gasteiger partial charge in [0.15, 0.2) is 5.76 Å². The van der Waals surface area contributed by atoms with Gasteiger partial charge in [-0.15, -0.1) is 0 Å². The van der Waals surface area contributed by atoms with Gasteiger partial charge in [0, 0.05) is 5.39 Å². The molecular formula is C11H12O3. The van der Waals surface area contributed by atoms with Crippen LogP contribution in [0.1, 0.15) is 23.2 Å². The first-order valence-electron chi connectivity index (χ1n) is 4.45. The summed E-state index contributed by atoms with van der Waals surface area (Å²) in [7, 11) is 0. The quantitative estimate of drug-likeness (QED) is 0.680. The van der Waals surface area contributed by atoms with E-state index in [0.717, 1.165) is 22.1 Å². The number of furan rings is 1. The molecule has 0 amide bonds. The van der Waals surface area contributed by atoms with Gasteiger partial charge in [0.1, 0.15) is 5.58 Å². The fourth-order valence-corrected chi connectivity index (χ4v) is 1.54. The van der Waals surface area contributed by atoms with Gasteiger partial charge in [0.25, 0.3) is 0 Å². The molecular weight excluding hydrogens is 180 g/mol. The second kappa shape index (κ2) is 3.12. The summed E-state index contributed by atoms with van der Waals surface area (Å²) in [6, 6.07) is 5.61. The maximum Gasteiger partial charge on any atom is 0.212 e. The summed E-state index contributed by atoms with van der Waals surface area (Å²) in [5.41, 5.74) is 2.80. The van der Waals surface area contributed by atoms with Gasteiger partial charge in [-0.05, 0) is 31.0 Å². The van der Waals surface area contributed by atoms with Crippen molar-refractivity contribution in [3.63, 3.8) is 0 Å². The van der Waals surface area contributed by atoms with Crippen molar-refractivity contribution in [3.8, 4) is 0 Å². The molecule has 0 fully saturated rings. The average Bonchev–Trinajstić information content (AvgIpc) is 2.57. The zero-order chi connectivity index (χ0) is 10.3. The first-order valence-corrected chi connectivity index (χ1v) is 4.45. The van der Waals surface area contributed by atoms with Crippen LogP contribution < -0.4 is 0 Å². The van der Waals surface area contributed by atoms with E-state index in [2.05, 4.69) is 0 Å². The summed E-state index contributed by atoms with van der Waals surface area (Å²) >= 11 is 0. The summed E-state index contributed by atoms with van der Waals surface area (Å²) in [5.74, 6) is 0.192. The molecule has 0 saturated carbocycles. The monoisotopic (exact) mass is 192 g/mol. The van der Waals surface area contributed by atoms with E-state index in [9.17, 15) is 0 Å². The lowest BCUT2D eigenvalue weighted by Crippen LogP contribution is -1.90. The van der Waals surface area contributed by atoms with Crippen molar-refractivity contribution in [2.24, 2.45) is 0 Å². The summed E-state index contributed by atoms with van der Waals surface area (Å²) in [5, 5.41) is 18.9. The SMILES string of the molecule is Cc1ccc(C)c2oc(C(O)O)cc12. The minimum Gasteiger partial charge on any atom is -0.455 e. The summed E-state index contributed by atoms with van der Waals surface area (Å²) in [4.78, 5) is 0. The predicted molar refractivity (Wildman–Crippen MR) is 52.9 cm³/mol. The van der Waals surface area contributed by atoms with Crippen LogP contribution in [0.5, 0.6) is 0 Å². The molecule has 0 atom stereocenters. The number of rotatable bonds is 1. The average molecular weight is 192 g/mol. The van der Waals surface area contributed by atoms with Crippen LogP contribution in [0.15, 0.2) is 22.6 Å². The molecule has 0 bridgehead atoms. The van der Waals surface area contributed by atoms with Gasteiger partial charge in [-0.2, -0.15) is 0 Å². The Morgan fingerprint density at radius 2 is 1.79 bits per heavy atom. The van der Waals surface area contributed by atoms with E-state index in [1.165, 1.54) is 0 Å². The zero-order valence-corrected chi connectivity index (χ0v) is 8.11. The Bertz CT molecular complexity index is 430. The Kier molecular flexibility index (Phi) is 2.06. The van der Waals surface area contributed by atoms with Crippen LogP contribution in [0.2, 0.25) is 0 Å². The van der Waals surface area contributed by atoms with Gasteiger partial charge in [-0.3, -0.25) is 0 Å². The normalized spacial score (nSPS) is 11.5. The highest BCUT2D eigenvalue weighted by molar-refractivity contribution is 5.84. The van der Waals surface area contributed by atoms with Gasteiger partial charge >= 0.3 is 0 Å². The van der Waals surface area contributed by atoms with Crippen LogP contribution in [-0.2, 0) is 0 Å². The van der Waals surface area contributed by atoms with E-state index in [-0.39, 0.29) is 5.76 Å². The lowest BCUT2D eigenvalue weighted by molar-refractivity contribution is -0.0571. The number of aliphatic hydroxyl groups is 2. The minimum atomic E-state index is -1.54. The Morgan fingerprint density at radius 3 is 2.36 bits per heavy atom. The molecule has 14 heavy (non-hydrogen) atoms. The van der Waals surface area contributed by atoms with E-state index in [4.69, 9.17) is 14.6 Å². The fourth-order valence-electron chi connectivity index (χ4n) is 1.54. The van der Waals surface area contributed by atoms with Crippen LogP contribution in [0.4, 0.5) is 0 Å². The fraction of sp³-hybridized carbons (Fsp3) is 0.273. The topological polar surface area (TPSA) is 53.6 Å². The van der Waals surface area contributed by atoms with Crippen LogP contribution in [0, 0.1) is 13.8 Å². The van der Waals surface area contributed by atoms with Crippen LogP contribution in [-0.4, -0.2) is 10.2 Å². The molecule has 0 spiro atoms. The van der Waals surface area contributed by atoms with Crippen LogP contribution >= 0.6 is 0 Å². The number of hydrogen-bond donors (Lipinski definition) is 2. The molecule has 1 heterocycles. The standard InChI is InChI=1S/C11H12O3/c1-6-3-4-7(2)10-8(6)5-9(14-10)11(12)13/h3-5,11-13H,1-2H3. The molecule has 0 unspecified atom stereocenters. The third-order valence-electron chi connectivity index (χ3n) is 2.37. The summed E-state index contributed by atoms with van der Waals surface area (Å²) in [6.45, 7) is 3.89. The minimum absolute atomic E-state index is 0.192. The van der Waals surface area contributed by atoms with Crippen molar-refractivity contribution >= 4 is 11.0 Å². The van der Waals surface area contributed by atoms with Gasteiger partial charge in [-0.1, -0.05) is 12.1 Å². The molecule has 1 aromatic heterocycles. The molecule has 0 radical (unpaired) electrons. The molecule has 3 nitrogen and oxygen atoms in total. The second-order valence-electron chi connectivity index (χ2n) is 3.46. The van der Waals surface area contributed by atoms with Crippen molar-refractivity contribution in [1.82, 2.24) is 0 Å². The Morgan fingerprint density at radius 1 is 1.14 bits per heavy atom. The molecule has 0 aliphatic rings. The summed E-state index contributed by atoms with van der Waals surface area (Å²) in [6.07, 6.45) is -1.54. The molecule has 2 N–H and O–H groups in total. The number of hydrogen-bond acceptors (Lipinski definition) is 3. The molecule has 0 aliphatic heterocycles. The molecule has 3 heteroatoms. The number of fused-ring (bicyclic) bond motifs is 1. The highest BCUT2D eigenvalue weighted by Gasteiger charge is 2.12. The van der Waals surface area contributed by atoms with Crippen LogP contribution in [0.25, 0.3) is 11.0 Å². The second-order valence-corrected chi connectivity index (χ2v) is 3.46. The van der Waals surface area contributed by atoms with E-state index < -0.39 is 6.29 Å². The molecule has 74 valence electrons. The third kappa shape index (κ3) is 1.31. The van der Waals surface area contributed by atoms with E-state index >= 15 is 0 Å². The van der Waals surface area contributed by atoms with Crippen molar-refractivity contribution in [2.75, 3.05) is 0 Å². The van der Waals surface area contributed by atoms with Gasteiger partial charge in [0.05, 0.1) is 0 Å². The molecule has 0 aliphatic carbocycles. The van der Waals surface area contributed by atoms with Crippen molar-refractivity contribution in [2.45, 2.75) is 20.1 Å². The Balaban J connectivity index is 2.75. The number of aliphatic hydroxyl groups excluding tert-OH is 1. The molecule has 0 saturated heterocycles. The van der Waals surface area contributed by atoms with E-state index in [0.29, 0.717) is 0 Å². The maximum absolute atomic E-state index is 8.97. The first-order chi connectivity index (χ1) is 6.59. The van der Waals surface area contributed by atoms with E-state index in [1.54, 1.807) is 6.07 Å². The highest BCUT2D eigenvalue weighted by Crippen LogP contribution is 2.27. The smallest absolute Gasteiger partial charge is 0.212 e. The first kappa shape index (κ1) is 9.24. The summed E-state index contributed by atoms with van der Waals surface area (Å²) < 4.78 is 5.34. The van der Waals surface area contributed by atoms with Gasteiger partial charge < -0.3 is 14.6 Å². The van der Waals surface area contributed by atoms with Crippen LogP contribution in [0.3, 0.4) is 0 Å². The lowest BCUT2D eigenvalue weighted by atomic mass is 10.1. The Hall–Kier alpha value is -1.32. The third-order valence-corrected chi connectivity index (χ3v) is 2.37. The largest absolute Gasteiger partial charge is 0.455 e. The number of benzene rings is 1. The zero-order valence-electron chi connectivity index (χ0n) is 8.11. The van der Waals surface area contributed by atoms with Gasteiger partial charge in [-0.25, -0.2) is 0 Å². The molecule has 2 rings (SSSR count). The molecule has 1 aromatic carbocycles. The highest BCUT2D eigenvalue weighted by atomic mass is 16.5. The Labute approximate surface area is 81.6 Å². The molecule has 2 aromatic rings.